The second kappa shape index (κ2) is 18.2. The number of benzene rings is 6. The Labute approximate surface area is 392 Å². The van der Waals surface area contributed by atoms with Crippen LogP contribution in [0.3, 0.4) is 0 Å². The fourth-order valence-corrected chi connectivity index (χ4v) is 10.7. The lowest BCUT2D eigenvalue weighted by Gasteiger charge is -2.38. The highest BCUT2D eigenvalue weighted by Crippen LogP contribution is 2.41. The molecule has 8 aromatic rings. The van der Waals surface area contributed by atoms with Gasteiger partial charge in [0.05, 0.1) is 47.0 Å². The summed E-state index contributed by atoms with van der Waals surface area (Å²) in [6.45, 7) is 10.2. The van der Waals surface area contributed by atoms with E-state index in [1.165, 1.54) is 11.4 Å². The molecular weight excluding hydrogens is 836 g/mol. The molecule has 6 aromatic carbocycles. The number of fused-ring (bicyclic) bond motifs is 2. The van der Waals surface area contributed by atoms with E-state index in [2.05, 4.69) is 116 Å². The number of halogens is 1. The minimum Gasteiger partial charge on any atom is -0.495 e. The van der Waals surface area contributed by atoms with Crippen molar-refractivity contribution in [2.24, 2.45) is 11.8 Å². The average Bonchev–Trinajstić information content (AvgIpc) is 3.33. The highest BCUT2D eigenvalue weighted by molar-refractivity contribution is 6.38. The van der Waals surface area contributed by atoms with E-state index in [-0.39, 0.29) is 12.2 Å². The maximum absolute atomic E-state index is 10.3. The molecule has 10 rings (SSSR count). The summed E-state index contributed by atoms with van der Waals surface area (Å²) >= 11 is 7.22. The quantitative estimate of drug-likeness (QED) is 0.143. The van der Waals surface area contributed by atoms with Crippen LogP contribution < -0.4 is 20.3 Å². The summed E-state index contributed by atoms with van der Waals surface area (Å²) in [5.74, 6) is 1.65. The number of methoxy groups -OCH3 is 1. The Hall–Kier alpha value is -6.92. The zero-order chi connectivity index (χ0) is 45.5. The molecule has 0 saturated carbocycles. The molecule has 0 unspecified atom stereocenters. The van der Waals surface area contributed by atoms with Crippen LogP contribution in [0.25, 0.3) is 66.3 Å². The second-order valence-corrected chi connectivity index (χ2v) is 18.7. The number of morpholine rings is 1. The highest BCUT2D eigenvalue weighted by atomic mass is 35.5. The summed E-state index contributed by atoms with van der Waals surface area (Å²) in [6, 6.07) is 46.4. The third kappa shape index (κ3) is 8.41. The standard InChI is InChI=1S/C57H53ClN6O2/c1-35-25-38(34-63(31-35)46-23-17-41(18-24-46)53-30-62-56-48(39-13-19-45(60)20-14-39)7-6-10-51(56)57(53)65-4)26-44-27-42(11-12-43(44)28-59)49-8-5-9-50-54(58)52(29-61-55(49)50)40-15-21-47(22-16-40)64-32-36(2)66-37(3)33-64/h5-24,27,29-30,35-38H,25-26,31-34,60H2,1-4H3/t35-,36-,37+,38-/m1/s1. The second-order valence-electron chi connectivity index (χ2n) is 18.3. The first kappa shape index (κ1) is 43.0. The number of piperidine rings is 1. The van der Waals surface area contributed by atoms with Crippen molar-refractivity contribution in [3.8, 4) is 56.3 Å². The maximum atomic E-state index is 10.3. The highest BCUT2D eigenvalue weighted by Gasteiger charge is 2.27. The lowest BCUT2D eigenvalue weighted by atomic mass is 9.84. The molecule has 0 spiro atoms. The van der Waals surface area contributed by atoms with E-state index in [0.29, 0.717) is 22.4 Å². The molecule has 2 aliphatic rings. The summed E-state index contributed by atoms with van der Waals surface area (Å²) in [4.78, 5) is 14.9. The number of nitrogens with zero attached hydrogens (tertiary/aromatic N) is 5. The molecule has 0 aliphatic carbocycles. The molecule has 2 fully saturated rings. The van der Waals surface area contributed by atoms with Crippen molar-refractivity contribution >= 4 is 50.5 Å². The molecule has 9 heteroatoms. The molecule has 2 N–H and O–H groups in total. The van der Waals surface area contributed by atoms with Crippen molar-refractivity contribution in [1.29, 1.82) is 5.26 Å². The summed E-state index contributed by atoms with van der Waals surface area (Å²) in [5.41, 5.74) is 20.6. The molecule has 0 amide bonds. The predicted molar refractivity (Wildman–Crippen MR) is 271 cm³/mol. The van der Waals surface area contributed by atoms with Crippen LogP contribution in [0.4, 0.5) is 17.1 Å². The fraction of sp³-hybridized carbons (Fsp3) is 0.246. The van der Waals surface area contributed by atoms with Crippen LogP contribution in [0, 0.1) is 23.2 Å². The van der Waals surface area contributed by atoms with Gasteiger partial charge in [0, 0.05) is 88.7 Å². The van der Waals surface area contributed by atoms with Crippen LogP contribution in [-0.2, 0) is 11.2 Å². The van der Waals surface area contributed by atoms with Gasteiger partial charge in [-0.05, 0) is 121 Å². The van der Waals surface area contributed by atoms with Gasteiger partial charge in [0.25, 0.3) is 0 Å². The Morgan fingerprint density at radius 3 is 1.86 bits per heavy atom. The number of nitriles is 1. The number of rotatable bonds is 9. The summed E-state index contributed by atoms with van der Waals surface area (Å²) in [5, 5.41) is 12.9. The van der Waals surface area contributed by atoms with Crippen molar-refractivity contribution < 1.29 is 9.47 Å². The topological polar surface area (TPSA) is 101 Å². The van der Waals surface area contributed by atoms with Crippen LogP contribution in [-0.4, -0.2) is 55.5 Å². The van der Waals surface area contributed by atoms with Crippen LogP contribution >= 0.6 is 11.6 Å². The third-order valence-electron chi connectivity index (χ3n) is 13.4. The molecule has 4 atom stereocenters. The molecule has 2 aromatic heterocycles. The van der Waals surface area contributed by atoms with Gasteiger partial charge in [0.1, 0.15) is 5.75 Å². The number of pyridine rings is 2. The van der Waals surface area contributed by atoms with Gasteiger partial charge in [-0.1, -0.05) is 91.3 Å². The molecule has 2 aliphatic heterocycles. The number of aromatic nitrogens is 2. The zero-order valence-electron chi connectivity index (χ0n) is 37.8. The number of nitrogen functional groups attached to an aromatic ring is 1. The minimum atomic E-state index is 0.190. The van der Waals surface area contributed by atoms with Crippen molar-refractivity contribution in [3.63, 3.8) is 0 Å². The number of nitrogens with two attached hydrogens (primary N) is 1. The lowest BCUT2D eigenvalue weighted by Crippen LogP contribution is -2.45. The van der Waals surface area contributed by atoms with Gasteiger partial charge in [-0.25, -0.2) is 0 Å². The van der Waals surface area contributed by atoms with Crippen molar-refractivity contribution in [1.82, 2.24) is 9.97 Å². The molecule has 4 heterocycles. The molecule has 2 saturated heterocycles. The summed E-state index contributed by atoms with van der Waals surface area (Å²) < 4.78 is 12.0. The zero-order valence-corrected chi connectivity index (χ0v) is 38.6. The molecular formula is C57H53ClN6O2. The van der Waals surface area contributed by atoms with Crippen molar-refractivity contribution in [2.45, 2.75) is 45.8 Å². The molecule has 66 heavy (non-hydrogen) atoms. The van der Waals surface area contributed by atoms with Crippen LogP contribution in [0.2, 0.25) is 5.02 Å². The van der Waals surface area contributed by atoms with E-state index in [0.717, 1.165) is 122 Å². The normalized spacial score (nSPS) is 18.7. The maximum Gasteiger partial charge on any atom is 0.137 e. The number of ether oxygens (including phenoxy) is 2. The Morgan fingerprint density at radius 1 is 0.667 bits per heavy atom. The largest absolute Gasteiger partial charge is 0.495 e. The Kier molecular flexibility index (Phi) is 11.8. The fourth-order valence-electron chi connectivity index (χ4n) is 10.4. The summed E-state index contributed by atoms with van der Waals surface area (Å²) in [6.07, 6.45) is 6.08. The molecule has 330 valence electrons. The average molecular weight is 890 g/mol. The summed E-state index contributed by atoms with van der Waals surface area (Å²) in [7, 11) is 1.73. The van der Waals surface area contributed by atoms with Crippen LogP contribution in [0.1, 0.15) is 38.3 Å². The number of hydrogen-bond acceptors (Lipinski definition) is 8. The first-order valence-electron chi connectivity index (χ1n) is 22.9. The van der Waals surface area contributed by atoms with Crippen LogP contribution in [0.15, 0.2) is 140 Å². The van der Waals surface area contributed by atoms with E-state index in [4.69, 9.17) is 36.8 Å². The van der Waals surface area contributed by atoms with Crippen LogP contribution in [0.5, 0.6) is 5.75 Å². The molecule has 0 radical (unpaired) electrons. The Balaban J connectivity index is 0.878. The first-order valence-corrected chi connectivity index (χ1v) is 23.3. The number of para-hydroxylation sites is 2. The molecule has 8 nitrogen and oxygen atoms in total. The van der Waals surface area contributed by atoms with Gasteiger partial charge >= 0.3 is 0 Å². The minimum absolute atomic E-state index is 0.190. The number of hydrogen-bond donors (Lipinski definition) is 1. The van der Waals surface area contributed by atoms with Crippen molar-refractivity contribution in [3.05, 3.63) is 156 Å². The van der Waals surface area contributed by atoms with Gasteiger partial charge in [-0.2, -0.15) is 5.26 Å². The van der Waals surface area contributed by atoms with Gasteiger partial charge in [0.15, 0.2) is 0 Å². The first-order chi connectivity index (χ1) is 32.1. The van der Waals surface area contributed by atoms with E-state index < -0.39 is 0 Å². The van der Waals surface area contributed by atoms with E-state index in [9.17, 15) is 5.26 Å². The third-order valence-corrected chi connectivity index (χ3v) is 13.8. The van der Waals surface area contributed by atoms with Gasteiger partial charge in [-0.15, -0.1) is 0 Å². The monoisotopic (exact) mass is 888 g/mol. The molecule has 0 bridgehead atoms. The predicted octanol–water partition coefficient (Wildman–Crippen LogP) is 12.9. The van der Waals surface area contributed by atoms with E-state index in [1.54, 1.807) is 7.11 Å². The SMILES string of the molecule is COc1c(-c2ccc(N3C[C@H](C)C[C@H](Cc4cc(-c5cccc6c(Cl)c(-c7ccc(N8C[C@@H](C)O[C@@H](C)C8)cc7)cnc56)ccc4C#N)C3)cc2)cnc2c(-c3ccc(N)cc3)cccc12. The van der Waals surface area contributed by atoms with Gasteiger partial charge in [0.2, 0.25) is 0 Å². The van der Waals surface area contributed by atoms with Crippen molar-refractivity contribution in [2.75, 3.05) is 48.8 Å². The van der Waals surface area contributed by atoms with E-state index in [1.807, 2.05) is 60.9 Å². The number of anilines is 3. The Morgan fingerprint density at radius 2 is 1.21 bits per heavy atom. The van der Waals surface area contributed by atoms with E-state index >= 15 is 0 Å². The van der Waals surface area contributed by atoms with Gasteiger partial charge in [-0.3, -0.25) is 9.97 Å². The lowest BCUT2D eigenvalue weighted by molar-refractivity contribution is -0.00521. The van der Waals surface area contributed by atoms with Gasteiger partial charge < -0.3 is 25.0 Å². The Bertz CT molecular complexity index is 3100. The smallest absolute Gasteiger partial charge is 0.137 e.